The van der Waals surface area contributed by atoms with E-state index in [4.69, 9.17) is 0 Å². The molecule has 0 bridgehead atoms. The second-order valence-corrected chi connectivity index (χ2v) is 3.42. The van der Waals surface area contributed by atoms with Gasteiger partial charge in [-0.15, -0.1) is 0 Å². The summed E-state index contributed by atoms with van der Waals surface area (Å²) in [4.78, 5) is 46.3. The van der Waals surface area contributed by atoms with Crippen molar-refractivity contribution < 1.29 is 19.8 Å². The molecule has 2 aromatic rings. The van der Waals surface area contributed by atoms with Gasteiger partial charge in [0.2, 0.25) is 0 Å². The molecule has 0 amide bonds. The van der Waals surface area contributed by atoms with Gasteiger partial charge in [-0.1, -0.05) is 0 Å². The van der Waals surface area contributed by atoms with Crippen LogP contribution in [0.4, 0.5) is 0 Å². The fraction of sp³-hybridized carbons (Fsp3) is 0. The van der Waals surface area contributed by atoms with Crippen LogP contribution in [0.2, 0.25) is 0 Å². The van der Waals surface area contributed by atoms with E-state index in [0.717, 1.165) is 24.5 Å². The maximum absolute atomic E-state index is 10.6. The van der Waals surface area contributed by atoms with Crippen LogP contribution >= 0.6 is 0 Å². The quantitative estimate of drug-likeness (QED) is 0.505. The summed E-state index contributed by atoms with van der Waals surface area (Å²) in [5, 5.41) is 20.2. The second-order valence-electron chi connectivity index (χ2n) is 3.42. The summed E-state index contributed by atoms with van der Waals surface area (Å²) in [6.45, 7) is 0. The average Bonchev–Trinajstić information content (AvgIpc) is 2.40. The summed E-state index contributed by atoms with van der Waals surface area (Å²) in [6.07, 6.45) is 4.90. The zero-order valence-electron chi connectivity index (χ0n) is 10.6. The maximum atomic E-state index is 10.6. The molecule has 0 atom stereocenters. The zero-order chi connectivity index (χ0) is 15.1. The SMILES string of the molecule is O=C([O-])c1c[nH]ccc1=O.O=C([O-])c1c[nH]ccc1=O.[Ba+2]. The molecule has 0 fully saturated rings. The molecule has 0 saturated carbocycles. The van der Waals surface area contributed by atoms with Crippen LogP contribution in [0.5, 0.6) is 0 Å². The van der Waals surface area contributed by atoms with Crippen molar-refractivity contribution in [2.24, 2.45) is 0 Å². The Morgan fingerprint density at radius 3 is 1.33 bits per heavy atom. The molecule has 2 N–H and O–H groups in total. The molecule has 2 rings (SSSR count). The number of carbonyl (C=O) groups excluding carboxylic acids is 2. The molecule has 104 valence electrons. The number of aromatic nitrogens is 2. The molecule has 0 saturated heterocycles. The molecular weight excluding hydrogens is 405 g/mol. The molecule has 8 nitrogen and oxygen atoms in total. The van der Waals surface area contributed by atoms with E-state index >= 15 is 0 Å². The van der Waals surface area contributed by atoms with Gasteiger partial charge < -0.3 is 29.8 Å². The third-order valence-corrected chi connectivity index (χ3v) is 2.09. The van der Waals surface area contributed by atoms with Crippen LogP contribution in [0.15, 0.2) is 46.5 Å². The summed E-state index contributed by atoms with van der Waals surface area (Å²) < 4.78 is 0. The van der Waals surface area contributed by atoms with Crippen molar-refractivity contribution in [3.8, 4) is 0 Å². The minimum Gasteiger partial charge on any atom is -0.545 e. The van der Waals surface area contributed by atoms with E-state index in [0.29, 0.717) is 0 Å². The van der Waals surface area contributed by atoms with E-state index in [1.807, 2.05) is 0 Å². The first-order chi connectivity index (χ1) is 9.43. The second kappa shape index (κ2) is 9.37. The predicted molar refractivity (Wildman–Crippen MR) is 68.5 cm³/mol. The van der Waals surface area contributed by atoms with E-state index in [1.54, 1.807) is 0 Å². The van der Waals surface area contributed by atoms with Crippen molar-refractivity contribution in [3.63, 3.8) is 0 Å². The van der Waals surface area contributed by atoms with Crippen molar-refractivity contribution in [1.82, 2.24) is 9.97 Å². The molecule has 2 aromatic heterocycles. The van der Waals surface area contributed by atoms with Crippen LogP contribution in [0, 0.1) is 0 Å². The number of rotatable bonds is 2. The first-order valence-electron chi connectivity index (χ1n) is 5.20. The average molecular weight is 414 g/mol. The standard InChI is InChI=1S/2C6H5NO3.Ba/c2*8-5-1-2-7-3-4(5)6(9)10;/h2*1-3H,(H,7,8)(H,9,10);/q;;+2/p-2. The Bertz CT molecular complexity index is 673. The van der Waals surface area contributed by atoms with E-state index in [-0.39, 0.29) is 60.0 Å². The molecule has 9 heteroatoms. The Balaban J connectivity index is 0.000000364. The number of nitrogens with one attached hydrogen (secondary N) is 2. The van der Waals surface area contributed by atoms with Gasteiger partial charge in [0.1, 0.15) is 0 Å². The van der Waals surface area contributed by atoms with Crippen LogP contribution in [0.3, 0.4) is 0 Å². The van der Waals surface area contributed by atoms with Crippen molar-refractivity contribution in [1.29, 1.82) is 0 Å². The fourth-order valence-electron chi connectivity index (χ4n) is 1.15. The van der Waals surface area contributed by atoms with Crippen LogP contribution in [-0.4, -0.2) is 70.8 Å². The van der Waals surface area contributed by atoms with Gasteiger partial charge in [0.15, 0.2) is 10.9 Å². The van der Waals surface area contributed by atoms with Crippen molar-refractivity contribution in [3.05, 3.63) is 68.5 Å². The smallest absolute Gasteiger partial charge is 0.545 e. The molecule has 0 aromatic carbocycles. The molecule has 0 spiro atoms. The zero-order valence-corrected chi connectivity index (χ0v) is 15.1. The maximum Gasteiger partial charge on any atom is 2.00 e. The van der Waals surface area contributed by atoms with Crippen molar-refractivity contribution in [2.75, 3.05) is 0 Å². The Hall–Kier alpha value is -1.59. The first-order valence-corrected chi connectivity index (χ1v) is 5.20. The molecule has 0 radical (unpaired) electrons. The third-order valence-electron chi connectivity index (χ3n) is 2.09. The van der Waals surface area contributed by atoms with Crippen molar-refractivity contribution in [2.45, 2.75) is 0 Å². The third kappa shape index (κ3) is 6.14. The molecule has 0 aliphatic heterocycles. The number of hydrogen-bond acceptors (Lipinski definition) is 6. The summed E-state index contributed by atoms with van der Waals surface area (Å²) in [5.41, 5.74) is -1.78. The largest absolute Gasteiger partial charge is 2.00 e. The van der Waals surface area contributed by atoms with Crippen LogP contribution in [-0.2, 0) is 0 Å². The van der Waals surface area contributed by atoms with E-state index < -0.39 is 22.8 Å². The van der Waals surface area contributed by atoms with Crippen LogP contribution < -0.4 is 21.1 Å². The monoisotopic (exact) mass is 414 g/mol. The number of carboxylic acids is 2. The first kappa shape index (κ1) is 19.4. The number of hydrogen-bond donors (Lipinski definition) is 2. The van der Waals surface area contributed by atoms with E-state index in [2.05, 4.69) is 9.97 Å². The van der Waals surface area contributed by atoms with E-state index in [9.17, 15) is 29.4 Å². The summed E-state index contributed by atoms with van der Waals surface area (Å²) in [7, 11) is 0. The molecule has 2 heterocycles. The topological polar surface area (TPSA) is 146 Å². The Morgan fingerprint density at radius 1 is 0.810 bits per heavy atom. The van der Waals surface area contributed by atoms with Gasteiger partial charge in [-0.3, -0.25) is 9.59 Å². The van der Waals surface area contributed by atoms with Crippen molar-refractivity contribution >= 4 is 60.8 Å². The molecule has 0 aliphatic carbocycles. The van der Waals surface area contributed by atoms with Crippen LogP contribution in [0.1, 0.15) is 20.7 Å². The number of aromatic amines is 2. The summed E-state index contributed by atoms with van der Waals surface area (Å²) >= 11 is 0. The minimum absolute atomic E-state index is 0. The Kier molecular flexibility index (Phi) is 8.66. The number of pyridine rings is 2. The van der Waals surface area contributed by atoms with Crippen LogP contribution in [0.25, 0.3) is 0 Å². The van der Waals surface area contributed by atoms with Gasteiger partial charge in [0.05, 0.1) is 23.1 Å². The van der Waals surface area contributed by atoms with Gasteiger partial charge in [-0.25, -0.2) is 0 Å². The molecule has 0 unspecified atom stereocenters. The Labute approximate surface area is 157 Å². The molecule has 0 aliphatic rings. The molecular formula is C12H8BaN2O6. The summed E-state index contributed by atoms with van der Waals surface area (Å²) in [6, 6.07) is 2.26. The number of H-pyrrole nitrogens is 2. The normalized spacial score (nSPS) is 8.76. The minimum atomic E-state index is -1.46. The number of aromatic carboxylic acids is 2. The van der Waals surface area contributed by atoms with Gasteiger partial charge in [-0.05, 0) is 0 Å². The van der Waals surface area contributed by atoms with Gasteiger partial charge in [-0.2, -0.15) is 0 Å². The van der Waals surface area contributed by atoms with E-state index in [1.165, 1.54) is 12.4 Å². The number of carboxylic acid groups (broad SMARTS) is 2. The van der Waals surface area contributed by atoms with Gasteiger partial charge in [0, 0.05) is 36.9 Å². The van der Waals surface area contributed by atoms with Gasteiger partial charge in [0.25, 0.3) is 0 Å². The molecule has 21 heavy (non-hydrogen) atoms. The van der Waals surface area contributed by atoms with Gasteiger partial charge >= 0.3 is 48.9 Å². The number of carbonyl (C=O) groups is 2. The fourth-order valence-corrected chi connectivity index (χ4v) is 1.15. The Morgan fingerprint density at radius 2 is 1.14 bits per heavy atom. The predicted octanol–water partition coefficient (Wildman–Crippen LogP) is -2.90. The summed E-state index contributed by atoms with van der Waals surface area (Å²) in [5.74, 6) is -2.91.